The number of likely N-dealkylation sites (N-methyl/N-ethyl adjacent to an activating group) is 1. The van der Waals surface area contributed by atoms with E-state index in [1.807, 2.05) is 0 Å². The first-order valence-corrected chi connectivity index (χ1v) is 8.20. The highest BCUT2D eigenvalue weighted by Gasteiger charge is 1.97. The minimum absolute atomic E-state index is 1.14. The minimum Gasteiger partial charge on any atom is -0.315 e. The molecule has 0 atom stereocenters. The molecule has 0 aromatic heterocycles. The van der Waals surface area contributed by atoms with Gasteiger partial charge in [-0.3, -0.25) is 0 Å². The Morgan fingerprint density at radius 2 is 1.28 bits per heavy atom. The Balaban J connectivity index is 3.08. The number of unbranched alkanes of at least 4 members (excludes halogenated alkanes) is 7. The van der Waals surface area contributed by atoms with Gasteiger partial charge in [0.15, 0.2) is 0 Å². The van der Waals surface area contributed by atoms with E-state index >= 15 is 0 Å². The van der Waals surface area contributed by atoms with Gasteiger partial charge in [0.25, 0.3) is 0 Å². The number of hydrogen-bond donors (Lipinski definition) is 1. The Bertz CT molecular complexity index is 148. The van der Waals surface area contributed by atoms with Gasteiger partial charge < -0.3 is 10.2 Å². The minimum atomic E-state index is 1.14. The summed E-state index contributed by atoms with van der Waals surface area (Å²) in [5, 5.41) is 3.45. The quantitative estimate of drug-likeness (QED) is 0.472. The molecule has 0 saturated carbocycles. The molecule has 0 spiro atoms. The van der Waals surface area contributed by atoms with Gasteiger partial charge in [0, 0.05) is 13.1 Å². The lowest BCUT2D eigenvalue weighted by atomic mass is 10.1. The van der Waals surface area contributed by atoms with Crippen molar-refractivity contribution in [3.63, 3.8) is 0 Å². The van der Waals surface area contributed by atoms with Crippen molar-refractivity contribution >= 4 is 0 Å². The second-order valence-corrected chi connectivity index (χ2v) is 5.53. The Morgan fingerprint density at radius 3 is 1.89 bits per heavy atom. The summed E-state index contributed by atoms with van der Waals surface area (Å²) in [6, 6.07) is 0. The van der Waals surface area contributed by atoms with Crippen molar-refractivity contribution in [3.8, 4) is 0 Å². The van der Waals surface area contributed by atoms with Crippen molar-refractivity contribution in [2.24, 2.45) is 0 Å². The van der Waals surface area contributed by atoms with Crippen LogP contribution in [0.5, 0.6) is 0 Å². The smallest absolute Gasteiger partial charge is 0.0104 e. The van der Waals surface area contributed by atoms with Crippen LogP contribution in [0.1, 0.15) is 71.6 Å². The fraction of sp³-hybridized carbons (Fsp3) is 1.00. The van der Waals surface area contributed by atoms with Gasteiger partial charge in [-0.05, 0) is 33.0 Å². The number of hydrogen-bond acceptors (Lipinski definition) is 2. The summed E-state index contributed by atoms with van der Waals surface area (Å²) < 4.78 is 0. The predicted octanol–water partition coefficient (Wildman–Crippen LogP) is 4.06. The molecule has 0 unspecified atom stereocenters. The van der Waals surface area contributed by atoms with E-state index in [9.17, 15) is 0 Å². The van der Waals surface area contributed by atoms with E-state index in [1.165, 1.54) is 70.9 Å². The van der Waals surface area contributed by atoms with E-state index in [2.05, 4.69) is 31.1 Å². The fourth-order valence-corrected chi connectivity index (χ4v) is 2.20. The third-order valence-electron chi connectivity index (χ3n) is 3.49. The Morgan fingerprint density at radius 1 is 0.667 bits per heavy atom. The molecule has 0 aliphatic rings. The zero-order valence-electron chi connectivity index (χ0n) is 13.1. The third kappa shape index (κ3) is 14.0. The van der Waals surface area contributed by atoms with Crippen LogP contribution in [0.15, 0.2) is 0 Å². The maximum absolute atomic E-state index is 3.45. The van der Waals surface area contributed by atoms with E-state index in [1.54, 1.807) is 0 Å². The first kappa shape index (κ1) is 17.9. The van der Waals surface area contributed by atoms with Crippen LogP contribution in [-0.4, -0.2) is 38.1 Å². The first-order chi connectivity index (χ1) is 8.81. The van der Waals surface area contributed by atoms with Crippen molar-refractivity contribution in [3.05, 3.63) is 0 Å². The van der Waals surface area contributed by atoms with Crippen LogP contribution in [0.4, 0.5) is 0 Å². The normalized spacial score (nSPS) is 11.3. The van der Waals surface area contributed by atoms with Crippen molar-refractivity contribution in [2.45, 2.75) is 71.6 Å². The van der Waals surface area contributed by atoms with Gasteiger partial charge in [0.2, 0.25) is 0 Å². The second-order valence-electron chi connectivity index (χ2n) is 5.53. The molecule has 0 heterocycles. The van der Waals surface area contributed by atoms with Gasteiger partial charge in [-0.2, -0.15) is 0 Å². The lowest BCUT2D eigenvalue weighted by molar-refractivity contribution is 0.321. The molecule has 0 aromatic carbocycles. The zero-order chi connectivity index (χ0) is 13.5. The first-order valence-electron chi connectivity index (χ1n) is 8.20. The van der Waals surface area contributed by atoms with Crippen LogP contribution in [-0.2, 0) is 0 Å². The van der Waals surface area contributed by atoms with Gasteiger partial charge >= 0.3 is 0 Å². The van der Waals surface area contributed by atoms with Gasteiger partial charge in [0.05, 0.1) is 0 Å². The number of rotatable bonds is 14. The largest absolute Gasteiger partial charge is 0.315 e. The van der Waals surface area contributed by atoms with Gasteiger partial charge in [-0.25, -0.2) is 0 Å². The second kappa shape index (κ2) is 15.0. The highest BCUT2D eigenvalue weighted by molar-refractivity contribution is 4.55. The standard InChI is InChI=1S/C16H36N2/c1-4-6-7-8-9-10-11-12-15-18(3)16-14-17-13-5-2/h17H,4-16H2,1-3H3. The topological polar surface area (TPSA) is 15.3 Å². The molecule has 0 saturated heterocycles. The van der Waals surface area contributed by atoms with Crippen LogP contribution in [0, 0.1) is 0 Å². The Hall–Kier alpha value is -0.0800. The lowest BCUT2D eigenvalue weighted by Gasteiger charge is -2.16. The van der Waals surface area contributed by atoms with E-state index in [-0.39, 0.29) is 0 Å². The highest BCUT2D eigenvalue weighted by Crippen LogP contribution is 2.08. The number of nitrogens with one attached hydrogen (secondary N) is 1. The maximum atomic E-state index is 3.45. The molecule has 0 radical (unpaired) electrons. The van der Waals surface area contributed by atoms with Crippen LogP contribution >= 0.6 is 0 Å². The van der Waals surface area contributed by atoms with Crippen molar-refractivity contribution in [1.29, 1.82) is 0 Å². The Labute approximate surface area is 116 Å². The molecular formula is C16H36N2. The molecular weight excluding hydrogens is 220 g/mol. The van der Waals surface area contributed by atoms with Crippen molar-refractivity contribution in [2.75, 3.05) is 33.2 Å². The summed E-state index contributed by atoms with van der Waals surface area (Å²) in [5.41, 5.74) is 0. The van der Waals surface area contributed by atoms with Crippen molar-refractivity contribution in [1.82, 2.24) is 10.2 Å². The third-order valence-corrected chi connectivity index (χ3v) is 3.49. The maximum Gasteiger partial charge on any atom is 0.0104 e. The molecule has 2 heteroatoms. The Kier molecular flexibility index (Phi) is 14.9. The van der Waals surface area contributed by atoms with E-state index in [0.29, 0.717) is 0 Å². The lowest BCUT2D eigenvalue weighted by Crippen LogP contribution is -2.30. The van der Waals surface area contributed by atoms with E-state index in [0.717, 1.165) is 13.1 Å². The van der Waals surface area contributed by atoms with Gasteiger partial charge in [0.1, 0.15) is 0 Å². The molecule has 1 N–H and O–H groups in total. The molecule has 2 nitrogen and oxygen atoms in total. The van der Waals surface area contributed by atoms with E-state index < -0.39 is 0 Å². The molecule has 0 fully saturated rings. The molecule has 18 heavy (non-hydrogen) atoms. The summed E-state index contributed by atoms with van der Waals surface area (Å²) >= 11 is 0. The predicted molar refractivity (Wildman–Crippen MR) is 83.3 cm³/mol. The SMILES string of the molecule is CCCCCCCCCCN(C)CCNCCC. The fourth-order valence-electron chi connectivity index (χ4n) is 2.20. The van der Waals surface area contributed by atoms with Crippen LogP contribution in [0.25, 0.3) is 0 Å². The molecule has 0 bridgehead atoms. The van der Waals surface area contributed by atoms with Crippen LogP contribution < -0.4 is 5.32 Å². The van der Waals surface area contributed by atoms with E-state index in [4.69, 9.17) is 0 Å². The highest BCUT2D eigenvalue weighted by atomic mass is 15.1. The summed E-state index contributed by atoms with van der Waals surface area (Å²) in [5.74, 6) is 0. The van der Waals surface area contributed by atoms with Crippen LogP contribution in [0.2, 0.25) is 0 Å². The average molecular weight is 256 g/mol. The number of nitrogens with zero attached hydrogens (tertiary/aromatic N) is 1. The molecule has 0 aromatic rings. The summed E-state index contributed by atoms with van der Waals surface area (Å²) in [4.78, 5) is 2.46. The average Bonchev–Trinajstić information content (AvgIpc) is 2.38. The van der Waals surface area contributed by atoms with Gasteiger partial charge in [-0.15, -0.1) is 0 Å². The zero-order valence-corrected chi connectivity index (χ0v) is 13.1. The summed E-state index contributed by atoms with van der Waals surface area (Å²) in [7, 11) is 2.24. The monoisotopic (exact) mass is 256 g/mol. The molecule has 0 amide bonds. The molecule has 110 valence electrons. The molecule has 0 rings (SSSR count). The van der Waals surface area contributed by atoms with Gasteiger partial charge in [-0.1, -0.05) is 58.8 Å². The molecule has 0 aliphatic heterocycles. The van der Waals surface area contributed by atoms with Crippen LogP contribution in [0.3, 0.4) is 0 Å². The molecule has 0 aliphatic carbocycles. The summed E-state index contributed by atoms with van der Waals surface area (Å²) in [6.45, 7) is 9.26. The summed E-state index contributed by atoms with van der Waals surface area (Å²) in [6.07, 6.45) is 12.6. The van der Waals surface area contributed by atoms with Crippen molar-refractivity contribution < 1.29 is 0 Å².